The molecule has 0 amide bonds. The van der Waals surface area contributed by atoms with Crippen molar-refractivity contribution in [3.63, 3.8) is 0 Å². The highest BCUT2D eigenvalue weighted by Crippen LogP contribution is 2.14. The van der Waals surface area contributed by atoms with Crippen LogP contribution in [0, 0.1) is 0 Å². The predicted octanol–water partition coefficient (Wildman–Crippen LogP) is 8.21. The van der Waals surface area contributed by atoms with Gasteiger partial charge in [-0.2, -0.15) is 11.8 Å². The third kappa shape index (κ3) is 18.7. The maximum absolute atomic E-state index is 9.53. The standard InChI is InChI=1S/C28H50O2S/c1-2-3-4-5-6-9-12-18-23-30-28(25-29)26-31-24-19-13-10-7-8-11-15-20-27-21-16-14-17-22-27/h14,16-17,21-22,28-29H,2-13,15,18-20,23-26H2,1H3. The first-order valence-electron chi connectivity index (χ1n) is 13.2. The van der Waals surface area contributed by atoms with E-state index in [4.69, 9.17) is 4.74 Å². The molecule has 1 N–H and O–H groups in total. The van der Waals surface area contributed by atoms with Crippen molar-refractivity contribution < 1.29 is 9.84 Å². The lowest BCUT2D eigenvalue weighted by Crippen LogP contribution is -2.21. The molecule has 0 spiro atoms. The Labute approximate surface area is 197 Å². The zero-order valence-corrected chi connectivity index (χ0v) is 21.2. The lowest BCUT2D eigenvalue weighted by molar-refractivity contribution is 0.0260. The lowest BCUT2D eigenvalue weighted by atomic mass is 10.0. The van der Waals surface area contributed by atoms with Crippen LogP contribution in [-0.4, -0.2) is 35.9 Å². The van der Waals surface area contributed by atoms with Crippen LogP contribution in [0.1, 0.15) is 109 Å². The number of thioether (sulfide) groups is 1. The summed E-state index contributed by atoms with van der Waals surface area (Å²) < 4.78 is 5.88. The van der Waals surface area contributed by atoms with Gasteiger partial charge in [0, 0.05) is 12.4 Å². The zero-order valence-electron chi connectivity index (χ0n) is 20.4. The monoisotopic (exact) mass is 450 g/mol. The number of aryl methyl sites for hydroxylation is 1. The van der Waals surface area contributed by atoms with E-state index >= 15 is 0 Å². The molecule has 0 saturated heterocycles. The minimum Gasteiger partial charge on any atom is -0.394 e. The minimum atomic E-state index is 0.0270. The van der Waals surface area contributed by atoms with Crippen molar-refractivity contribution in [2.45, 2.75) is 116 Å². The van der Waals surface area contributed by atoms with Crippen LogP contribution in [0.25, 0.3) is 0 Å². The van der Waals surface area contributed by atoms with E-state index in [9.17, 15) is 5.11 Å². The molecule has 0 bridgehead atoms. The second-order valence-corrected chi connectivity index (χ2v) is 10.1. The molecular weight excluding hydrogens is 400 g/mol. The first kappa shape index (κ1) is 28.5. The number of aliphatic hydroxyl groups is 1. The maximum Gasteiger partial charge on any atom is 0.0895 e. The van der Waals surface area contributed by atoms with Gasteiger partial charge in [-0.25, -0.2) is 0 Å². The Morgan fingerprint density at radius 1 is 0.742 bits per heavy atom. The van der Waals surface area contributed by atoms with E-state index in [0.717, 1.165) is 18.8 Å². The maximum atomic E-state index is 9.53. The van der Waals surface area contributed by atoms with Crippen LogP contribution < -0.4 is 0 Å². The summed E-state index contributed by atoms with van der Waals surface area (Å²) in [4.78, 5) is 0. The highest BCUT2D eigenvalue weighted by Gasteiger charge is 2.07. The van der Waals surface area contributed by atoms with Crippen molar-refractivity contribution in [2.24, 2.45) is 0 Å². The summed E-state index contributed by atoms with van der Waals surface area (Å²) in [6, 6.07) is 10.8. The fourth-order valence-corrected chi connectivity index (χ4v) is 4.96. The van der Waals surface area contributed by atoms with E-state index in [1.165, 1.54) is 108 Å². The number of hydrogen-bond acceptors (Lipinski definition) is 3. The molecule has 3 heteroatoms. The van der Waals surface area contributed by atoms with Crippen LogP contribution in [0.3, 0.4) is 0 Å². The first-order chi connectivity index (χ1) is 15.4. The summed E-state index contributed by atoms with van der Waals surface area (Å²) in [5.41, 5.74) is 1.47. The topological polar surface area (TPSA) is 29.5 Å². The van der Waals surface area contributed by atoms with E-state index in [-0.39, 0.29) is 12.7 Å². The van der Waals surface area contributed by atoms with Crippen LogP contribution >= 0.6 is 11.8 Å². The molecule has 0 radical (unpaired) electrons. The molecule has 1 rings (SSSR count). The second kappa shape index (κ2) is 22.7. The van der Waals surface area contributed by atoms with Gasteiger partial charge in [0.1, 0.15) is 0 Å². The van der Waals surface area contributed by atoms with Gasteiger partial charge in [0.25, 0.3) is 0 Å². The molecule has 31 heavy (non-hydrogen) atoms. The van der Waals surface area contributed by atoms with Crippen molar-refractivity contribution in [2.75, 3.05) is 24.7 Å². The molecule has 1 aromatic carbocycles. The van der Waals surface area contributed by atoms with Crippen LogP contribution in [-0.2, 0) is 11.2 Å². The van der Waals surface area contributed by atoms with Crippen LogP contribution in [0.4, 0.5) is 0 Å². The zero-order chi connectivity index (χ0) is 22.2. The van der Waals surface area contributed by atoms with Gasteiger partial charge in [0.2, 0.25) is 0 Å². The van der Waals surface area contributed by atoms with Gasteiger partial charge in [-0.3, -0.25) is 0 Å². The smallest absolute Gasteiger partial charge is 0.0895 e. The summed E-state index contributed by atoms with van der Waals surface area (Å²) in [6.07, 6.45) is 21.3. The van der Waals surface area contributed by atoms with Crippen LogP contribution in [0.15, 0.2) is 30.3 Å². The van der Waals surface area contributed by atoms with Crippen molar-refractivity contribution in [3.05, 3.63) is 35.9 Å². The van der Waals surface area contributed by atoms with Crippen molar-refractivity contribution in [3.8, 4) is 0 Å². The molecule has 0 heterocycles. The largest absolute Gasteiger partial charge is 0.394 e. The predicted molar refractivity (Wildman–Crippen MR) is 139 cm³/mol. The molecule has 0 aromatic heterocycles. The van der Waals surface area contributed by atoms with E-state index in [1.807, 2.05) is 11.8 Å². The SMILES string of the molecule is CCCCCCCCCCOC(CO)CSCCCCCCCCCc1ccccc1. The van der Waals surface area contributed by atoms with E-state index in [0.29, 0.717) is 0 Å². The Hall–Kier alpha value is -0.510. The van der Waals surface area contributed by atoms with Gasteiger partial charge in [-0.1, -0.05) is 114 Å². The number of rotatable bonds is 23. The molecule has 0 aliphatic carbocycles. The number of benzene rings is 1. The van der Waals surface area contributed by atoms with Gasteiger partial charge in [0.05, 0.1) is 12.7 Å². The van der Waals surface area contributed by atoms with Crippen molar-refractivity contribution in [1.82, 2.24) is 0 Å². The Bertz CT molecular complexity index is 465. The molecule has 0 fully saturated rings. The summed E-state index contributed by atoms with van der Waals surface area (Å²) >= 11 is 1.95. The number of hydrogen-bond donors (Lipinski definition) is 1. The molecule has 2 nitrogen and oxygen atoms in total. The second-order valence-electron chi connectivity index (χ2n) is 8.94. The highest BCUT2D eigenvalue weighted by molar-refractivity contribution is 7.99. The average molecular weight is 451 g/mol. The van der Waals surface area contributed by atoms with Crippen molar-refractivity contribution in [1.29, 1.82) is 0 Å². The third-order valence-electron chi connectivity index (χ3n) is 5.96. The summed E-state index contributed by atoms with van der Waals surface area (Å²) in [6.45, 7) is 3.24. The summed E-state index contributed by atoms with van der Waals surface area (Å²) in [5, 5.41) is 9.53. The van der Waals surface area contributed by atoms with Gasteiger partial charge >= 0.3 is 0 Å². The van der Waals surface area contributed by atoms with E-state index in [1.54, 1.807) is 0 Å². The molecule has 1 aromatic rings. The van der Waals surface area contributed by atoms with Crippen LogP contribution in [0.2, 0.25) is 0 Å². The van der Waals surface area contributed by atoms with Gasteiger partial charge in [0.15, 0.2) is 0 Å². The van der Waals surface area contributed by atoms with Crippen molar-refractivity contribution >= 4 is 11.8 Å². The fourth-order valence-electron chi connectivity index (χ4n) is 3.92. The molecule has 180 valence electrons. The molecule has 0 aliphatic rings. The highest BCUT2D eigenvalue weighted by atomic mass is 32.2. The Morgan fingerprint density at radius 3 is 1.97 bits per heavy atom. The number of ether oxygens (including phenoxy) is 1. The van der Waals surface area contributed by atoms with Gasteiger partial charge in [-0.05, 0) is 37.0 Å². The summed E-state index contributed by atoms with van der Waals surface area (Å²) in [5.74, 6) is 2.14. The number of aliphatic hydroxyl groups excluding tert-OH is 1. The third-order valence-corrected chi connectivity index (χ3v) is 7.14. The Kier molecular flexibility index (Phi) is 20.9. The quantitative estimate of drug-likeness (QED) is 0.170. The average Bonchev–Trinajstić information content (AvgIpc) is 2.80. The molecule has 1 atom stereocenters. The summed E-state index contributed by atoms with van der Waals surface area (Å²) in [7, 11) is 0. The normalized spacial score (nSPS) is 12.3. The van der Waals surface area contributed by atoms with E-state index in [2.05, 4.69) is 37.3 Å². The molecule has 1 unspecified atom stereocenters. The molecule has 0 aliphatic heterocycles. The first-order valence-corrected chi connectivity index (χ1v) is 14.4. The molecular formula is C28H50O2S. The number of unbranched alkanes of at least 4 members (excludes halogenated alkanes) is 13. The lowest BCUT2D eigenvalue weighted by Gasteiger charge is -2.15. The Balaban J connectivity index is 1.80. The molecule has 0 saturated carbocycles. The van der Waals surface area contributed by atoms with Gasteiger partial charge in [-0.15, -0.1) is 0 Å². The fraction of sp³-hybridized carbons (Fsp3) is 0.786. The Morgan fingerprint density at radius 2 is 1.32 bits per heavy atom. The van der Waals surface area contributed by atoms with Gasteiger partial charge < -0.3 is 9.84 Å². The minimum absolute atomic E-state index is 0.0270. The van der Waals surface area contributed by atoms with Crippen LogP contribution in [0.5, 0.6) is 0 Å². The van der Waals surface area contributed by atoms with E-state index < -0.39 is 0 Å².